The van der Waals surface area contributed by atoms with Crippen LogP contribution in [0.15, 0.2) is 12.4 Å². The van der Waals surface area contributed by atoms with Crippen LogP contribution in [-0.4, -0.2) is 40.1 Å². The molecule has 0 aromatic carbocycles. The van der Waals surface area contributed by atoms with Gasteiger partial charge in [0.25, 0.3) is 0 Å². The fourth-order valence-electron chi connectivity index (χ4n) is 2.45. The Balaban J connectivity index is 0. The Hall–Kier alpha value is -0.990. The first-order valence-electron chi connectivity index (χ1n) is 7.21. The summed E-state index contributed by atoms with van der Waals surface area (Å²) in [5.74, 6) is 0.0351. The van der Waals surface area contributed by atoms with E-state index >= 15 is 0 Å². The summed E-state index contributed by atoms with van der Waals surface area (Å²) < 4.78 is 38.5. The van der Waals surface area contributed by atoms with Gasteiger partial charge in [-0.1, -0.05) is 13.8 Å². The molecule has 2 N–H and O–H groups in total. The smallest absolute Gasteiger partial charge is 0.338 e. The predicted molar refractivity (Wildman–Crippen MR) is 91.3 cm³/mol. The van der Waals surface area contributed by atoms with Gasteiger partial charge in [-0.3, -0.25) is 4.79 Å². The molecule has 0 radical (unpaired) electrons. The Morgan fingerprint density at radius 2 is 1.83 bits per heavy atom. The second kappa shape index (κ2) is 10.1. The van der Waals surface area contributed by atoms with Crippen molar-refractivity contribution in [2.24, 2.45) is 11.1 Å². The summed E-state index contributed by atoms with van der Waals surface area (Å²) in [5.41, 5.74) is 5.07. The molecule has 1 amide bonds. The molecule has 0 aliphatic rings. The highest BCUT2D eigenvalue weighted by Gasteiger charge is 2.36. The van der Waals surface area contributed by atoms with Crippen LogP contribution in [-0.2, 0) is 17.9 Å². The SMILES string of the molecule is CCC(CC)(CN)C(=O)N(C)Cc1nccn1CC(F)(F)F.Cl.Cl. The Morgan fingerprint density at radius 1 is 1.29 bits per heavy atom. The molecular formula is C14H25Cl2F3N4O. The van der Waals surface area contributed by atoms with Crippen LogP contribution in [0.3, 0.4) is 0 Å². The number of carbonyl (C=O) groups excluding carboxylic acids is 1. The fourth-order valence-corrected chi connectivity index (χ4v) is 2.45. The maximum absolute atomic E-state index is 12.6. The average molecular weight is 393 g/mol. The van der Waals surface area contributed by atoms with Crippen molar-refractivity contribution in [1.82, 2.24) is 14.5 Å². The van der Waals surface area contributed by atoms with Gasteiger partial charge in [0.05, 0.1) is 12.0 Å². The highest BCUT2D eigenvalue weighted by atomic mass is 35.5. The number of aromatic nitrogens is 2. The highest BCUT2D eigenvalue weighted by Crippen LogP contribution is 2.28. The summed E-state index contributed by atoms with van der Waals surface area (Å²) >= 11 is 0. The van der Waals surface area contributed by atoms with E-state index in [2.05, 4.69) is 4.98 Å². The number of rotatable bonds is 7. The molecule has 10 heteroatoms. The molecule has 0 aliphatic heterocycles. The molecular weight excluding hydrogens is 368 g/mol. The minimum absolute atomic E-state index is 0. The molecule has 1 heterocycles. The molecule has 5 nitrogen and oxygen atoms in total. The lowest BCUT2D eigenvalue weighted by molar-refractivity contribution is -0.142. The van der Waals surface area contributed by atoms with Gasteiger partial charge in [-0.15, -0.1) is 24.8 Å². The lowest BCUT2D eigenvalue weighted by Crippen LogP contribution is -2.46. The van der Waals surface area contributed by atoms with Gasteiger partial charge in [0.1, 0.15) is 12.4 Å². The second-order valence-electron chi connectivity index (χ2n) is 5.44. The van der Waals surface area contributed by atoms with Crippen LogP contribution in [0.1, 0.15) is 32.5 Å². The average Bonchev–Trinajstić information content (AvgIpc) is 2.86. The largest absolute Gasteiger partial charge is 0.406 e. The Kier molecular flexibility index (Phi) is 10.6. The fraction of sp³-hybridized carbons (Fsp3) is 0.714. The first kappa shape index (κ1) is 25.3. The number of alkyl halides is 3. The van der Waals surface area contributed by atoms with Gasteiger partial charge >= 0.3 is 6.18 Å². The van der Waals surface area contributed by atoms with Crippen molar-refractivity contribution in [3.63, 3.8) is 0 Å². The molecule has 0 bridgehead atoms. The van der Waals surface area contributed by atoms with E-state index in [4.69, 9.17) is 5.73 Å². The van der Waals surface area contributed by atoms with Gasteiger partial charge in [-0.05, 0) is 12.8 Å². The lowest BCUT2D eigenvalue weighted by Gasteiger charge is -2.33. The van der Waals surface area contributed by atoms with E-state index in [0.717, 1.165) is 4.57 Å². The predicted octanol–water partition coefficient (Wildman–Crippen LogP) is 3.01. The third-order valence-corrected chi connectivity index (χ3v) is 4.07. The number of imidazole rings is 1. The van der Waals surface area contributed by atoms with Gasteiger partial charge in [-0.25, -0.2) is 4.98 Å². The van der Waals surface area contributed by atoms with Crippen molar-refractivity contribution in [3.8, 4) is 0 Å². The summed E-state index contributed by atoms with van der Waals surface area (Å²) in [7, 11) is 1.56. The normalized spacial score (nSPS) is 11.5. The summed E-state index contributed by atoms with van der Waals surface area (Å²) in [6.45, 7) is 2.87. The van der Waals surface area contributed by atoms with Crippen LogP contribution in [0.2, 0.25) is 0 Å². The molecule has 0 spiro atoms. The zero-order valence-corrected chi connectivity index (χ0v) is 15.6. The van der Waals surface area contributed by atoms with Crippen LogP contribution in [0.4, 0.5) is 13.2 Å². The summed E-state index contributed by atoms with van der Waals surface area (Å²) in [6, 6.07) is 0. The van der Waals surface area contributed by atoms with Crippen LogP contribution < -0.4 is 5.73 Å². The van der Waals surface area contributed by atoms with Gasteiger partial charge in [-0.2, -0.15) is 13.2 Å². The van der Waals surface area contributed by atoms with E-state index in [1.807, 2.05) is 13.8 Å². The number of halogens is 5. The number of amides is 1. The zero-order chi connectivity index (χ0) is 17.0. The minimum Gasteiger partial charge on any atom is -0.338 e. The topological polar surface area (TPSA) is 64.2 Å². The highest BCUT2D eigenvalue weighted by molar-refractivity contribution is 5.85. The van der Waals surface area contributed by atoms with Gasteiger partial charge in [0.2, 0.25) is 5.91 Å². The third-order valence-electron chi connectivity index (χ3n) is 4.07. The van der Waals surface area contributed by atoms with Gasteiger partial charge in [0, 0.05) is 26.0 Å². The van der Waals surface area contributed by atoms with Crippen molar-refractivity contribution in [3.05, 3.63) is 18.2 Å². The maximum Gasteiger partial charge on any atom is 0.406 e. The summed E-state index contributed by atoms with van der Waals surface area (Å²) in [6.07, 6.45) is -0.599. The van der Waals surface area contributed by atoms with E-state index in [1.165, 1.54) is 17.3 Å². The molecule has 0 aliphatic carbocycles. The van der Waals surface area contributed by atoms with Crippen molar-refractivity contribution < 1.29 is 18.0 Å². The van der Waals surface area contributed by atoms with Crippen molar-refractivity contribution >= 4 is 30.7 Å². The molecule has 0 atom stereocenters. The van der Waals surface area contributed by atoms with Gasteiger partial charge < -0.3 is 15.2 Å². The number of nitrogens with two attached hydrogens (primary N) is 1. The number of hydrogen-bond donors (Lipinski definition) is 1. The first-order valence-corrected chi connectivity index (χ1v) is 7.21. The zero-order valence-electron chi connectivity index (χ0n) is 14.0. The molecule has 0 saturated carbocycles. The van der Waals surface area contributed by atoms with Crippen LogP contribution >= 0.6 is 24.8 Å². The first-order chi connectivity index (χ1) is 10.2. The molecule has 1 rings (SSSR count). The second-order valence-corrected chi connectivity index (χ2v) is 5.44. The molecule has 0 saturated heterocycles. The molecule has 0 unspecified atom stereocenters. The van der Waals surface area contributed by atoms with Crippen molar-refractivity contribution in [2.75, 3.05) is 13.6 Å². The molecule has 24 heavy (non-hydrogen) atoms. The van der Waals surface area contributed by atoms with E-state index in [-0.39, 0.29) is 49.6 Å². The van der Waals surface area contributed by atoms with E-state index in [9.17, 15) is 18.0 Å². The standard InChI is InChI=1S/C14H23F3N4O.2ClH/c1-4-13(5-2,9-18)12(22)20(3)8-11-19-6-7-21(11)10-14(15,16)17;;/h6-7H,4-5,8-10,18H2,1-3H3;2*1H. The summed E-state index contributed by atoms with van der Waals surface area (Å²) in [5, 5.41) is 0. The third kappa shape index (κ3) is 6.14. The Bertz CT molecular complexity index is 496. The monoisotopic (exact) mass is 392 g/mol. The van der Waals surface area contributed by atoms with Crippen LogP contribution in [0, 0.1) is 5.41 Å². The molecule has 1 aromatic rings. The number of carbonyl (C=O) groups is 1. The molecule has 1 aromatic heterocycles. The molecule has 142 valence electrons. The van der Waals surface area contributed by atoms with Crippen molar-refractivity contribution in [2.45, 2.75) is 46.0 Å². The maximum atomic E-state index is 12.6. The summed E-state index contributed by atoms with van der Waals surface area (Å²) in [4.78, 5) is 17.9. The lowest BCUT2D eigenvalue weighted by atomic mass is 9.81. The van der Waals surface area contributed by atoms with E-state index in [1.54, 1.807) is 7.05 Å². The van der Waals surface area contributed by atoms with Crippen LogP contribution in [0.5, 0.6) is 0 Å². The van der Waals surface area contributed by atoms with E-state index < -0.39 is 18.1 Å². The number of hydrogen-bond acceptors (Lipinski definition) is 3. The Labute approximate surface area is 152 Å². The number of nitrogens with zero attached hydrogens (tertiary/aromatic N) is 3. The Morgan fingerprint density at radius 3 is 2.25 bits per heavy atom. The van der Waals surface area contributed by atoms with E-state index in [0.29, 0.717) is 12.8 Å². The van der Waals surface area contributed by atoms with Crippen molar-refractivity contribution in [1.29, 1.82) is 0 Å². The van der Waals surface area contributed by atoms with Gasteiger partial charge in [0.15, 0.2) is 0 Å². The van der Waals surface area contributed by atoms with Crippen LogP contribution in [0.25, 0.3) is 0 Å². The molecule has 0 fully saturated rings. The quantitative estimate of drug-likeness (QED) is 0.775. The minimum atomic E-state index is -4.33.